The van der Waals surface area contributed by atoms with Crippen LogP contribution in [0.5, 0.6) is 17.2 Å². The molecule has 15 heteroatoms. The fourth-order valence-corrected chi connectivity index (χ4v) is 8.01. The van der Waals surface area contributed by atoms with Gasteiger partial charge in [-0.1, -0.05) is 54.1 Å². The number of hydrogen-bond acceptors (Lipinski definition) is 12. The number of rotatable bonds is 23. The van der Waals surface area contributed by atoms with Crippen molar-refractivity contribution < 1.29 is 27.4 Å². The highest BCUT2D eigenvalue weighted by Gasteiger charge is 2.17. The SMILES string of the molecule is CCN(C)Cc1cc(Cl)c(OCc2cccc(-c3cccc(OCc4cn(CCCCCOCCN5CCNCC5)nn4)c3C)c2C)cc1OCc1cncc(S(C)(=O)=O)c1. The van der Waals surface area contributed by atoms with Crippen molar-refractivity contribution in [1.82, 2.24) is 35.1 Å². The molecule has 1 aliphatic heterocycles. The second-order valence-corrected chi connectivity index (χ2v) is 18.1. The number of halogens is 1. The standard InChI is InChI=1S/C46H60ClN7O6S/c1-6-52(4)29-38-25-43(47)46(26-45(38)58-31-36-24-40(28-49-27-36)61(5,55)56)59-32-37-12-10-13-41(34(37)2)42-14-11-15-44(35(42)3)60-33-39-30-54(51-50-39)18-8-7-9-22-57-23-21-53-19-16-48-17-20-53/h10-15,24-28,30,48H,6-9,16-23,29,31-33H2,1-5H3. The summed E-state index contributed by atoms with van der Waals surface area (Å²) in [5.41, 5.74) is 7.58. The highest BCUT2D eigenvalue weighted by molar-refractivity contribution is 7.90. The molecule has 6 rings (SSSR count). The van der Waals surface area contributed by atoms with Crippen LogP contribution in [0.3, 0.4) is 0 Å². The normalized spacial score (nSPS) is 13.5. The van der Waals surface area contributed by atoms with Gasteiger partial charge in [0.15, 0.2) is 9.84 Å². The Balaban J connectivity index is 1.04. The second-order valence-electron chi connectivity index (χ2n) is 15.6. The first kappa shape index (κ1) is 45.9. The van der Waals surface area contributed by atoms with E-state index in [4.69, 9.17) is 30.5 Å². The van der Waals surface area contributed by atoms with Gasteiger partial charge in [0.05, 0.1) is 22.7 Å². The molecule has 13 nitrogen and oxygen atoms in total. The van der Waals surface area contributed by atoms with E-state index in [-0.39, 0.29) is 18.1 Å². The molecule has 0 unspecified atom stereocenters. The first-order chi connectivity index (χ1) is 29.5. The Morgan fingerprint density at radius 2 is 1.57 bits per heavy atom. The minimum Gasteiger partial charge on any atom is -0.488 e. The number of aromatic nitrogens is 4. The average Bonchev–Trinajstić information content (AvgIpc) is 3.71. The molecule has 61 heavy (non-hydrogen) atoms. The minimum absolute atomic E-state index is 0.123. The summed E-state index contributed by atoms with van der Waals surface area (Å²) in [5, 5.41) is 12.6. The van der Waals surface area contributed by atoms with E-state index in [0.717, 1.165) is 129 Å². The molecule has 0 bridgehead atoms. The fraction of sp³-hybridized carbons (Fsp3) is 0.457. The molecule has 1 saturated heterocycles. The number of hydrogen-bond donors (Lipinski definition) is 1. The van der Waals surface area contributed by atoms with Crippen molar-refractivity contribution in [2.24, 2.45) is 0 Å². The summed E-state index contributed by atoms with van der Waals surface area (Å²) in [6.45, 7) is 16.2. The van der Waals surface area contributed by atoms with E-state index in [9.17, 15) is 8.42 Å². The van der Waals surface area contributed by atoms with Crippen molar-refractivity contribution in [3.05, 3.63) is 112 Å². The lowest BCUT2D eigenvalue weighted by Gasteiger charge is -2.26. The van der Waals surface area contributed by atoms with Gasteiger partial charge in [-0.2, -0.15) is 0 Å². The molecular weight excluding hydrogens is 814 g/mol. The number of nitrogens with zero attached hydrogens (tertiary/aromatic N) is 6. The first-order valence-electron chi connectivity index (χ1n) is 21.1. The van der Waals surface area contributed by atoms with Crippen molar-refractivity contribution in [2.45, 2.75) is 77.8 Å². The van der Waals surface area contributed by atoms with Gasteiger partial charge in [0.1, 0.15) is 42.8 Å². The summed E-state index contributed by atoms with van der Waals surface area (Å²) in [4.78, 5) is 8.84. The van der Waals surface area contributed by atoms with E-state index < -0.39 is 9.84 Å². The molecule has 1 aliphatic rings. The van der Waals surface area contributed by atoms with E-state index in [0.29, 0.717) is 35.2 Å². The third-order valence-electron chi connectivity index (χ3n) is 11.0. The monoisotopic (exact) mass is 873 g/mol. The van der Waals surface area contributed by atoms with Crippen molar-refractivity contribution in [2.75, 3.05) is 65.8 Å². The van der Waals surface area contributed by atoms with Crippen LogP contribution in [-0.2, 0) is 47.5 Å². The van der Waals surface area contributed by atoms with Crippen molar-refractivity contribution in [1.29, 1.82) is 0 Å². The summed E-state index contributed by atoms with van der Waals surface area (Å²) in [7, 11) is -1.39. The molecule has 328 valence electrons. The maximum absolute atomic E-state index is 12.1. The van der Waals surface area contributed by atoms with Crippen LogP contribution in [0.4, 0.5) is 0 Å². The van der Waals surface area contributed by atoms with E-state index in [1.807, 2.05) is 48.3 Å². The molecule has 0 spiro atoms. The molecule has 3 heterocycles. The topological polar surface area (TPSA) is 133 Å². The summed E-state index contributed by atoms with van der Waals surface area (Å²) >= 11 is 6.82. The number of aryl methyl sites for hydroxylation is 1. The smallest absolute Gasteiger partial charge is 0.177 e. The summed E-state index contributed by atoms with van der Waals surface area (Å²) in [5.74, 6) is 1.87. The minimum atomic E-state index is -3.41. The van der Waals surface area contributed by atoms with Crippen LogP contribution in [-0.4, -0.2) is 104 Å². The van der Waals surface area contributed by atoms with Gasteiger partial charge in [0.25, 0.3) is 0 Å². The highest BCUT2D eigenvalue weighted by atomic mass is 35.5. The number of pyridine rings is 1. The molecule has 0 amide bonds. The molecule has 0 aliphatic carbocycles. The maximum Gasteiger partial charge on any atom is 0.177 e. The zero-order valence-electron chi connectivity index (χ0n) is 36.2. The number of benzene rings is 3. The molecule has 2 aromatic heterocycles. The van der Waals surface area contributed by atoms with Crippen molar-refractivity contribution in [3.8, 4) is 28.4 Å². The highest BCUT2D eigenvalue weighted by Crippen LogP contribution is 2.37. The predicted molar refractivity (Wildman–Crippen MR) is 239 cm³/mol. The van der Waals surface area contributed by atoms with Crippen LogP contribution in [0.1, 0.15) is 59.7 Å². The maximum atomic E-state index is 12.1. The van der Waals surface area contributed by atoms with Gasteiger partial charge in [-0.3, -0.25) is 14.6 Å². The molecule has 5 aromatic rings. The number of ether oxygens (including phenoxy) is 4. The lowest BCUT2D eigenvalue weighted by Crippen LogP contribution is -2.44. The lowest BCUT2D eigenvalue weighted by atomic mass is 9.93. The van der Waals surface area contributed by atoms with Crippen LogP contribution in [0, 0.1) is 13.8 Å². The number of nitrogens with one attached hydrogen (secondary N) is 1. The molecule has 0 radical (unpaired) electrons. The molecule has 0 saturated carbocycles. The Kier molecular flexibility index (Phi) is 16.9. The molecular formula is C46H60ClN7O6S. The fourth-order valence-electron chi connectivity index (χ4n) is 7.15. The quantitative estimate of drug-likeness (QED) is 0.0661. The zero-order chi connectivity index (χ0) is 43.2. The Morgan fingerprint density at radius 1 is 0.820 bits per heavy atom. The van der Waals surface area contributed by atoms with Crippen LogP contribution < -0.4 is 19.5 Å². The Bertz CT molecular complexity index is 2300. The van der Waals surface area contributed by atoms with Crippen LogP contribution >= 0.6 is 11.6 Å². The molecule has 3 aromatic carbocycles. The van der Waals surface area contributed by atoms with E-state index in [1.165, 1.54) is 6.20 Å². The second kappa shape index (κ2) is 22.5. The van der Waals surface area contributed by atoms with Gasteiger partial charge in [-0.25, -0.2) is 8.42 Å². The Morgan fingerprint density at radius 3 is 2.36 bits per heavy atom. The first-order valence-corrected chi connectivity index (χ1v) is 23.4. The van der Waals surface area contributed by atoms with Crippen molar-refractivity contribution >= 4 is 21.4 Å². The lowest BCUT2D eigenvalue weighted by molar-refractivity contribution is 0.0961. The van der Waals surface area contributed by atoms with Gasteiger partial charge in [-0.15, -0.1) is 5.10 Å². The Labute approximate surface area is 366 Å². The van der Waals surface area contributed by atoms with Gasteiger partial charge >= 0.3 is 0 Å². The Hall–Kier alpha value is -4.57. The number of sulfone groups is 1. The van der Waals surface area contributed by atoms with Crippen LogP contribution in [0.15, 0.2) is 78.1 Å². The molecule has 0 atom stereocenters. The number of unbranched alkanes of at least 4 members (excludes halogenated alkanes) is 2. The summed E-state index contributed by atoms with van der Waals surface area (Å²) in [6.07, 6.45) is 9.20. The average molecular weight is 875 g/mol. The van der Waals surface area contributed by atoms with Crippen LogP contribution in [0.2, 0.25) is 5.02 Å². The van der Waals surface area contributed by atoms with E-state index >= 15 is 0 Å². The van der Waals surface area contributed by atoms with Gasteiger partial charge < -0.3 is 29.2 Å². The zero-order valence-corrected chi connectivity index (χ0v) is 37.7. The third kappa shape index (κ3) is 13.5. The van der Waals surface area contributed by atoms with Gasteiger partial charge in [0.2, 0.25) is 0 Å². The summed E-state index contributed by atoms with van der Waals surface area (Å²) in [6, 6.07) is 17.6. The van der Waals surface area contributed by atoms with E-state index in [2.05, 4.69) is 69.4 Å². The van der Waals surface area contributed by atoms with E-state index in [1.54, 1.807) is 12.3 Å². The molecule has 1 N–H and O–H groups in total. The van der Waals surface area contributed by atoms with Crippen LogP contribution in [0.25, 0.3) is 11.1 Å². The largest absolute Gasteiger partial charge is 0.488 e. The summed E-state index contributed by atoms with van der Waals surface area (Å²) < 4.78 is 51.0. The van der Waals surface area contributed by atoms with Gasteiger partial charge in [0, 0.05) is 88.3 Å². The third-order valence-corrected chi connectivity index (χ3v) is 12.4. The molecule has 1 fully saturated rings. The van der Waals surface area contributed by atoms with Crippen molar-refractivity contribution in [3.63, 3.8) is 0 Å². The van der Waals surface area contributed by atoms with Gasteiger partial charge in [-0.05, 0) is 92.7 Å². The predicted octanol–water partition coefficient (Wildman–Crippen LogP) is 7.29. The number of piperazine rings is 1.